The van der Waals surface area contributed by atoms with Gasteiger partial charge in [0.05, 0.1) is 0 Å². The number of carboxylic acids is 1. The van der Waals surface area contributed by atoms with E-state index in [-0.39, 0.29) is 12.3 Å². The van der Waals surface area contributed by atoms with Crippen LogP contribution in [0.5, 0.6) is 0 Å². The zero-order valence-electron chi connectivity index (χ0n) is 15.4. The third-order valence-corrected chi connectivity index (χ3v) is 6.28. The number of carboxylic acid groups (broad SMARTS) is 1. The number of hydrogen-bond donors (Lipinski definition) is 2. The Labute approximate surface area is 146 Å². The molecule has 0 aromatic heterocycles. The predicted molar refractivity (Wildman–Crippen MR) is 95.6 cm³/mol. The van der Waals surface area contributed by atoms with E-state index in [0.717, 1.165) is 31.6 Å². The molecule has 2 N–H and O–H groups in total. The number of unbranched alkanes of at least 4 members (excludes halogenated alkanes) is 1. The maximum absolute atomic E-state index is 12.0. The molecule has 0 saturated heterocycles. The van der Waals surface area contributed by atoms with Crippen molar-refractivity contribution in [3.63, 3.8) is 0 Å². The second-order valence-electron chi connectivity index (χ2n) is 8.18. The standard InChI is InChI=1S/C20H33NO3/c1-4-9-18(22)21-17-13-14-12-16(20(14,2)3)15(17)10-7-5-6-8-11-19(23)24/h5,7,14-17H,4,6,8-13H2,1-3H3,(H,21,22)(H,23,24)/b7-5-/t14-,15-,16+,17-/m1/s1. The highest BCUT2D eigenvalue weighted by molar-refractivity contribution is 5.76. The van der Waals surface area contributed by atoms with Crippen LogP contribution in [-0.2, 0) is 9.59 Å². The van der Waals surface area contributed by atoms with E-state index in [1.54, 1.807) is 0 Å². The molecule has 24 heavy (non-hydrogen) atoms. The molecule has 0 unspecified atom stereocenters. The molecule has 3 aliphatic rings. The van der Waals surface area contributed by atoms with E-state index in [1.807, 2.05) is 6.92 Å². The van der Waals surface area contributed by atoms with Crippen LogP contribution in [-0.4, -0.2) is 23.0 Å². The highest BCUT2D eigenvalue weighted by Crippen LogP contribution is 2.62. The lowest BCUT2D eigenvalue weighted by atomic mass is 9.44. The number of fused-ring (bicyclic) bond motifs is 2. The second kappa shape index (κ2) is 8.17. The van der Waals surface area contributed by atoms with Gasteiger partial charge in [-0.2, -0.15) is 0 Å². The van der Waals surface area contributed by atoms with Gasteiger partial charge >= 0.3 is 5.97 Å². The van der Waals surface area contributed by atoms with Crippen molar-refractivity contribution in [3.05, 3.63) is 12.2 Å². The summed E-state index contributed by atoms with van der Waals surface area (Å²) in [6, 6.07) is 0.310. The molecule has 0 aromatic carbocycles. The molecule has 4 heteroatoms. The van der Waals surface area contributed by atoms with Crippen molar-refractivity contribution in [2.75, 3.05) is 0 Å². The fraction of sp³-hybridized carbons (Fsp3) is 0.800. The van der Waals surface area contributed by atoms with E-state index in [4.69, 9.17) is 5.11 Å². The van der Waals surface area contributed by atoms with Gasteiger partial charge < -0.3 is 10.4 Å². The van der Waals surface area contributed by atoms with Gasteiger partial charge in [0.1, 0.15) is 0 Å². The van der Waals surface area contributed by atoms with E-state index in [0.29, 0.717) is 36.1 Å². The summed E-state index contributed by atoms with van der Waals surface area (Å²) in [5, 5.41) is 12.0. The van der Waals surface area contributed by atoms with Gasteiger partial charge in [-0.05, 0) is 61.7 Å². The Morgan fingerprint density at radius 2 is 1.96 bits per heavy atom. The number of amides is 1. The van der Waals surface area contributed by atoms with Crippen LogP contribution in [0, 0.1) is 23.2 Å². The van der Waals surface area contributed by atoms with Crippen LogP contribution >= 0.6 is 0 Å². The molecule has 0 spiro atoms. The highest BCUT2D eigenvalue weighted by atomic mass is 16.4. The minimum Gasteiger partial charge on any atom is -0.481 e. The summed E-state index contributed by atoms with van der Waals surface area (Å²) >= 11 is 0. The molecule has 3 fully saturated rings. The van der Waals surface area contributed by atoms with E-state index < -0.39 is 5.97 Å². The molecule has 0 aromatic rings. The Balaban J connectivity index is 1.89. The monoisotopic (exact) mass is 335 g/mol. The van der Waals surface area contributed by atoms with Crippen molar-refractivity contribution in [2.45, 2.75) is 78.2 Å². The van der Waals surface area contributed by atoms with Gasteiger partial charge in [-0.15, -0.1) is 0 Å². The number of hydrogen-bond acceptors (Lipinski definition) is 2. The topological polar surface area (TPSA) is 66.4 Å². The fourth-order valence-corrected chi connectivity index (χ4v) is 4.69. The molecule has 0 heterocycles. The van der Waals surface area contributed by atoms with Crippen LogP contribution in [0.15, 0.2) is 12.2 Å². The maximum Gasteiger partial charge on any atom is 0.303 e. The largest absolute Gasteiger partial charge is 0.481 e. The Kier molecular flexibility index (Phi) is 6.47. The Hall–Kier alpha value is -1.32. The average molecular weight is 335 g/mol. The Morgan fingerprint density at radius 1 is 1.21 bits per heavy atom. The molecule has 3 rings (SSSR count). The molecule has 3 saturated carbocycles. The van der Waals surface area contributed by atoms with E-state index in [9.17, 15) is 9.59 Å². The summed E-state index contributed by atoms with van der Waals surface area (Å²) in [4.78, 5) is 22.6. The summed E-state index contributed by atoms with van der Waals surface area (Å²) in [5.41, 5.74) is 0.397. The van der Waals surface area contributed by atoms with Gasteiger partial charge in [0.15, 0.2) is 0 Å². The van der Waals surface area contributed by atoms with Crippen LogP contribution in [0.3, 0.4) is 0 Å². The quantitative estimate of drug-likeness (QED) is 0.491. The van der Waals surface area contributed by atoms with Crippen LogP contribution < -0.4 is 5.32 Å². The number of allylic oxidation sites excluding steroid dienone is 2. The van der Waals surface area contributed by atoms with Gasteiger partial charge in [-0.25, -0.2) is 0 Å². The maximum atomic E-state index is 12.0. The number of aliphatic carboxylic acids is 1. The van der Waals surface area contributed by atoms with Crippen LogP contribution in [0.2, 0.25) is 0 Å². The summed E-state index contributed by atoms with van der Waals surface area (Å²) in [6.07, 6.45) is 11.0. The molecule has 0 aliphatic heterocycles. The van der Waals surface area contributed by atoms with E-state index in [1.165, 1.54) is 6.42 Å². The third kappa shape index (κ3) is 4.40. The smallest absolute Gasteiger partial charge is 0.303 e. The molecule has 0 radical (unpaired) electrons. The zero-order chi connectivity index (χ0) is 17.7. The van der Waals surface area contributed by atoms with E-state index in [2.05, 4.69) is 31.3 Å². The number of carbonyl (C=O) groups is 2. The first-order valence-corrected chi connectivity index (χ1v) is 9.52. The third-order valence-electron chi connectivity index (χ3n) is 6.28. The first-order chi connectivity index (χ1) is 11.4. The molecule has 4 nitrogen and oxygen atoms in total. The lowest BCUT2D eigenvalue weighted by Gasteiger charge is -2.62. The Morgan fingerprint density at radius 3 is 2.58 bits per heavy atom. The minimum absolute atomic E-state index is 0.192. The molecular formula is C20H33NO3. The van der Waals surface area contributed by atoms with Gasteiger partial charge in [0, 0.05) is 18.9 Å². The number of nitrogens with one attached hydrogen (secondary N) is 1. The minimum atomic E-state index is -0.725. The zero-order valence-corrected chi connectivity index (χ0v) is 15.4. The van der Waals surface area contributed by atoms with Gasteiger partial charge in [0.2, 0.25) is 5.91 Å². The second-order valence-corrected chi connectivity index (χ2v) is 8.18. The summed E-state index contributed by atoms with van der Waals surface area (Å²) in [7, 11) is 0. The fourth-order valence-electron chi connectivity index (χ4n) is 4.69. The number of carbonyl (C=O) groups excluding carboxylic acids is 1. The van der Waals surface area contributed by atoms with Gasteiger partial charge in [-0.1, -0.05) is 32.9 Å². The van der Waals surface area contributed by atoms with E-state index >= 15 is 0 Å². The molecular weight excluding hydrogens is 302 g/mol. The van der Waals surface area contributed by atoms with Crippen LogP contribution in [0.1, 0.15) is 72.1 Å². The van der Waals surface area contributed by atoms with Crippen molar-refractivity contribution in [1.29, 1.82) is 0 Å². The van der Waals surface area contributed by atoms with Gasteiger partial charge in [-0.3, -0.25) is 9.59 Å². The normalized spacial score (nSPS) is 30.8. The summed E-state index contributed by atoms with van der Waals surface area (Å²) in [5.74, 6) is 1.41. The highest BCUT2D eigenvalue weighted by Gasteiger charge is 2.57. The summed E-state index contributed by atoms with van der Waals surface area (Å²) in [6.45, 7) is 6.79. The Bertz CT molecular complexity index is 483. The molecule has 2 bridgehead atoms. The molecule has 136 valence electrons. The average Bonchev–Trinajstić information content (AvgIpc) is 2.51. The lowest BCUT2D eigenvalue weighted by molar-refractivity contribution is -0.137. The van der Waals surface area contributed by atoms with Crippen molar-refractivity contribution in [3.8, 4) is 0 Å². The van der Waals surface area contributed by atoms with Crippen molar-refractivity contribution in [1.82, 2.24) is 5.32 Å². The van der Waals surface area contributed by atoms with Crippen molar-refractivity contribution in [2.24, 2.45) is 23.2 Å². The SMILES string of the molecule is CCCC(=O)N[C@@H]1C[C@H]2C[C@@H]([C@H]1C/C=C\CCCC(=O)O)C2(C)C. The van der Waals surface area contributed by atoms with Crippen LogP contribution in [0.4, 0.5) is 0 Å². The van der Waals surface area contributed by atoms with Gasteiger partial charge in [0.25, 0.3) is 0 Å². The number of rotatable bonds is 9. The molecule has 3 aliphatic carbocycles. The predicted octanol–water partition coefficient (Wildman–Crippen LogP) is 4.15. The first-order valence-electron chi connectivity index (χ1n) is 9.52. The summed E-state index contributed by atoms with van der Waals surface area (Å²) < 4.78 is 0. The van der Waals surface area contributed by atoms with Crippen LogP contribution in [0.25, 0.3) is 0 Å². The molecule has 4 atom stereocenters. The first kappa shape index (κ1) is 19.0. The van der Waals surface area contributed by atoms with Crippen molar-refractivity contribution < 1.29 is 14.7 Å². The lowest BCUT2D eigenvalue weighted by Crippen LogP contribution is -2.61. The molecule has 1 amide bonds. The van der Waals surface area contributed by atoms with Crippen molar-refractivity contribution >= 4 is 11.9 Å².